The highest BCUT2D eigenvalue weighted by molar-refractivity contribution is 5.29. The Balaban J connectivity index is 2.44. The lowest BCUT2D eigenvalue weighted by atomic mass is 10.1. The van der Waals surface area contributed by atoms with Gasteiger partial charge in [0, 0.05) is 25.0 Å². The zero-order valence-corrected chi connectivity index (χ0v) is 10.1. The van der Waals surface area contributed by atoms with Crippen molar-refractivity contribution in [1.29, 1.82) is 0 Å². The summed E-state index contributed by atoms with van der Waals surface area (Å²) in [6, 6.07) is 2.14. The molecule has 0 radical (unpaired) electrons. The first-order chi connectivity index (χ1) is 7.63. The van der Waals surface area contributed by atoms with E-state index in [0.717, 1.165) is 22.9 Å². The highest BCUT2D eigenvalue weighted by Crippen LogP contribution is 2.25. The van der Waals surface area contributed by atoms with E-state index in [1.807, 2.05) is 44.9 Å². The SMILES string of the molecule is CNC(c1cc(C)oc1C)c1nccn1C. The topological polar surface area (TPSA) is 43.0 Å². The van der Waals surface area contributed by atoms with Gasteiger partial charge in [-0.15, -0.1) is 0 Å². The Morgan fingerprint density at radius 3 is 2.62 bits per heavy atom. The Hall–Kier alpha value is -1.55. The summed E-state index contributed by atoms with van der Waals surface area (Å²) in [5, 5.41) is 3.27. The average Bonchev–Trinajstić information content (AvgIpc) is 2.77. The van der Waals surface area contributed by atoms with E-state index in [9.17, 15) is 0 Å². The minimum absolute atomic E-state index is 0.0810. The molecule has 0 bridgehead atoms. The Bertz CT molecular complexity index is 484. The maximum absolute atomic E-state index is 5.56. The van der Waals surface area contributed by atoms with E-state index in [1.54, 1.807) is 0 Å². The van der Waals surface area contributed by atoms with Crippen molar-refractivity contribution in [1.82, 2.24) is 14.9 Å². The summed E-state index contributed by atoms with van der Waals surface area (Å²) in [4.78, 5) is 4.37. The van der Waals surface area contributed by atoms with Crippen LogP contribution in [0.3, 0.4) is 0 Å². The van der Waals surface area contributed by atoms with Gasteiger partial charge in [-0.05, 0) is 27.0 Å². The molecule has 2 heterocycles. The predicted octanol–water partition coefficient (Wildman–Crippen LogP) is 1.94. The minimum Gasteiger partial charge on any atom is -0.466 e. The van der Waals surface area contributed by atoms with E-state index in [4.69, 9.17) is 4.42 Å². The van der Waals surface area contributed by atoms with Crippen molar-refractivity contribution in [2.45, 2.75) is 19.9 Å². The fourth-order valence-electron chi connectivity index (χ4n) is 2.02. The fourth-order valence-corrected chi connectivity index (χ4v) is 2.02. The van der Waals surface area contributed by atoms with Crippen LogP contribution in [0.4, 0.5) is 0 Å². The van der Waals surface area contributed by atoms with Crippen LogP contribution in [0, 0.1) is 13.8 Å². The summed E-state index contributed by atoms with van der Waals surface area (Å²) < 4.78 is 7.57. The Labute approximate surface area is 95.3 Å². The zero-order chi connectivity index (χ0) is 11.7. The van der Waals surface area contributed by atoms with Gasteiger partial charge in [-0.1, -0.05) is 0 Å². The standard InChI is InChI=1S/C12H17N3O/c1-8-7-10(9(2)16-8)11(13-3)12-14-5-6-15(12)4/h5-7,11,13H,1-4H3. The monoisotopic (exact) mass is 219 g/mol. The Morgan fingerprint density at radius 2 is 2.19 bits per heavy atom. The maximum atomic E-state index is 5.56. The normalized spacial score (nSPS) is 13.0. The molecular weight excluding hydrogens is 202 g/mol. The molecular formula is C12H17N3O. The summed E-state index contributed by atoms with van der Waals surface area (Å²) in [7, 11) is 3.93. The van der Waals surface area contributed by atoms with Crippen LogP contribution in [0.5, 0.6) is 0 Å². The molecule has 0 spiro atoms. The van der Waals surface area contributed by atoms with Crippen LogP contribution in [0.1, 0.15) is 29.0 Å². The maximum Gasteiger partial charge on any atom is 0.130 e. The van der Waals surface area contributed by atoms with Crippen molar-refractivity contribution in [3.63, 3.8) is 0 Å². The first kappa shape index (κ1) is 11.0. The molecule has 0 aliphatic heterocycles. The lowest BCUT2D eigenvalue weighted by molar-refractivity contribution is 0.494. The molecule has 86 valence electrons. The molecule has 0 aromatic carbocycles. The first-order valence-electron chi connectivity index (χ1n) is 5.35. The van der Waals surface area contributed by atoms with Crippen LogP contribution < -0.4 is 5.32 Å². The van der Waals surface area contributed by atoms with Crippen molar-refractivity contribution in [2.24, 2.45) is 7.05 Å². The second-order valence-corrected chi connectivity index (χ2v) is 3.99. The van der Waals surface area contributed by atoms with Gasteiger partial charge in [0.2, 0.25) is 0 Å². The first-order valence-corrected chi connectivity index (χ1v) is 5.35. The van der Waals surface area contributed by atoms with Gasteiger partial charge in [-0.2, -0.15) is 0 Å². The average molecular weight is 219 g/mol. The molecule has 0 saturated carbocycles. The van der Waals surface area contributed by atoms with E-state index in [2.05, 4.69) is 16.4 Å². The van der Waals surface area contributed by atoms with Gasteiger partial charge >= 0.3 is 0 Å². The Morgan fingerprint density at radius 1 is 1.44 bits per heavy atom. The molecule has 0 fully saturated rings. The fraction of sp³-hybridized carbons (Fsp3) is 0.417. The van der Waals surface area contributed by atoms with Crippen molar-refractivity contribution in [3.8, 4) is 0 Å². The van der Waals surface area contributed by atoms with Gasteiger partial charge < -0.3 is 14.3 Å². The number of furan rings is 1. The minimum atomic E-state index is 0.0810. The van der Waals surface area contributed by atoms with Crippen molar-refractivity contribution in [2.75, 3.05) is 7.05 Å². The third kappa shape index (κ3) is 1.76. The van der Waals surface area contributed by atoms with Gasteiger partial charge in [0.15, 0.2) is 0 Å². The second kappa shape index (κ2) is 4.14. The molecule has 0 amide bonds. The van der Waals surface area contributed by atoms with Gasteiger partial charge in [-0.3, -0.25) is 0 Å². The van der Waals surface area contributed by atoms with E-state index in [0.29, 0.717) is 0 Å². The lowest BCUT2D eigenvalue weighted by Gasteiger charge is -2.15. The molecule has 1 N–H and O–H groups in total. The molecule has 2 rings (SSSR count). The van der Waals surface area contributed by atoms with E-state index < -0.39 is 0 Å². The van der Waals surface area contributed by atoms with Crippen LogP contribution in [-0.2, 0) is 7.05 Å². The molecule has 0 aliphatic carbocycles. The van der Waals surface area contributed by atoms with E-state index >= 15 is 0 Å². The quantitative estimate of drug-likeness (QED) is 0.857. The number of hydrogen-bond donors (Lipinski definition) is 1. The van der Waals surface area contributed by atoms with Crippen molar-refractivity contribution in [3.05, 3.63) is 41.4 Å². The van der Waals surface area contributed by atoms with Gasteiger partial charge in [-0.25, -0.2) is 4.98 Å². The van der Waals surface area contributed by atoms with Gasteiger partial charge in [0.05, 0.1) is 6.04 Å². The molecule has 4 nitrogen and oxygen atoms in total. The van der Waals surface area contributed by atoms with Crippen molar-refractivity contribution < 1.29 is 4.42 Å². The van der Waals surface area contributed by atoms with Crippen LogP contribution in [0.25, 0.3) is 0 Å². The molecule has 2 aromatic rings. The number of aromatic nitrogens is 2. The number of imidazole rings is 1. The number of hydrogen-bond acceptors (Lipinski definition) is 3. The molecule has 0 aliphatic rings. The summed E-state index contributed by atoms with van der Waals surface area (Å²) in [5.41, 5.74) is 1.15. The van der Waals surface area contributed by atoms with Crippen LogP contribution in [0.2, 0.25) is 0 Å². The van der Waals surface area contributed by atoms with Gasteiger partial charge in [0.25, 0.3) is 0 Å². The third-order valence-corrected chi connectivity index (χ3v) is 2.80. The van der Waals surface area contributed by atoms with Gasteiger partial charge in [0.1, 0.15) is 17.3 Å². The molecule has 4 heteroatoms. The van der Waals surface area contributed by atoms with E-state index in [1.165, 1.54) is 0 Å². The van der Waals surface area contributed by atoms with Crippen LogP contribution in [0.15, 0.2) is 22.9 Å². The summed E-state index contributed by atoms with van der Waals surface area (Å²) in [6.45, 7) is 3.94. The van der Waals surface area contributed by atoms with E-state index in [-0.39, 0.29) is 6.04 Å². The molecule has 1 unspecified atom stereocenters. The number of nitrogens with one attached hydrogen (secondary N) is 1. The largest absolute Gasteiger partial charge is 0.466 e. The number of aryl methyl sites for hydroxylation is 3. The molecule has 16 heavy (non-hydrogen) atoms. The number of nitrogens with zero attached hydrogens (tertiary/aromatic N) is 2. The molecule has 2 aromatic heterocycles. The Kier molecular flexibility index (Phi) is 2.83. The molecule has 0 saturated heterocycles. The highest BCUT2D eigenvalue weighted by atomic mass is 16.3. The predicted molar refractivity (Wildman–Crippen MR) is 62.3 cm³/mol. The van der Waals surface area contributed by atoms with Crippen LogP contribution >= 0.6 is 0 Å². The summed E-state index contributed by atoms with van der Waals surface area (Å²) in [5.74, 6) is 2.87. The third-order valence-electron chi connectivity index (χ3n) is 2.80. The number of rotatable bonds is 3. The smallest absolute Gasteiger partial charge is 0.130 e. The highest BCUT2D eigenvalue weighted by Gasteiger charge is 2.20. The lowest BCUT2D eigenvalue weighted by Crippen LogP contribution is -2.21. The van der Waals surface area contributed by atoms with Crippen LogP contribution in [-0.4, -0.2) is 16.6 Å². The second-order valence-electron chi connectivity index (χ2n) is 3.99. The van der Waals surface area contributed by atoms with Crippen molar-refractivity contribution >= 4 is 0 Å². The summed E-state index contributed by atoms with van der Waals surface area (Å²) in [6.07, 6.45) is 3.75. The zero-order valence-electron chi connectivity index (χ0n) is 10.1. The molecule has 1 atom stereocenters. The summed E-state index contributed by atoms with van der Waals surface area (Å²) >= 11 is 0.